The number of rotatable bonds is 4. The zero-order valence-electron chi connectivity index (χ0n) is 12.4. The Kier molecular flexibility index (Phi) is 4.73. The van der Waals surface area contributed by atoms with Crippen molar-refractivity contribution >= 4 is 29.3 Å². The van der Waals surface area contributed by atoms with Crippen LogP contribution in [-0.2, 0) is 9.59 Å². The van der Waals surface area contributed by atoms with Gasteiger partial charge in [-0.2, -0.15) is 0 Å². The molecule has 0 spiro atoms. The molecule has 0 radical (unpaired) electrons. The molecule has 0 bridgehead atoms. The summed E-state index contributed by atoms with van der Waals surface area (Å²) in [5.74, 6) is -0.449. The van der Waals surface area contributed by atoms with Crippen LogP contribution in [0.25, 0.3) is 5.70 Å². The molecule has 1 N–H and O–H groups in total. The molecular weight excluding hydrogens is 286 g/mol. The number of carbonyl (C=O) groups excluding carboxylic acids is 1. The number of carbonyl (C=O) groups is 2. The third-order valence-electron chi connectivity index (χ3n) is 3.55. The van der Waals surface area contributed by atoms with Gasteiger partial charge in [0.1, 0.15) is 6.04 Å². The Morgan fingerprint density at radius 1 is 1.24 bits per heavy atom. The van der Waals surface area contributed by atoms with Crippen LogP contribution in [-0.4, -0.2) is 33.7 Å². The summed E-state index contributed by atoms with van der Waals surface area (Å²) in [6, 6.07) is 7.07. The summed E-state index contributed by atoms with van der Waals surface area (Å²) in [5.41, 5.74) is 2.75. The molecule has 1 unspecified atom stereocenters. The smallest absolute Gasteiger partial charge is 0.326 e. The zero-order chi connectivity index (χ0) is 15.6. The summed E-state index contributed by atoms with van der Waals surface area (Å²) in [7, 11) is 0. The van der Waals surface area contributed by atoms with Crippen LogP contribution in [0.2, 0.25) is 0 Å². The summed E-state index contributed by atoms with van der Waals surface area (Å²) in [6.45, 7) is 5.77. The molecule has 1 atom stereocenters. The van der Waals surface area contributed by atoms with Gasteiger partial charge >= 0.3 is 5.97 Å². The maximum Gasteiger partial charge on any atom is 0.326 e. The van der Waals surface area contributed by atoms with Gasteiger partial charge in [-0.3, -0.25) is 9.69 Å². The molecule has 4 nitrogen and oxygen atoms in total. The molecule has 0 aromatic heterocycles. The fraction of sp³-hybridized carbons (Fsp3) is 0.375. The van der Waals surface area contributed by atoms with Crippen LogP contribution in [0, 0.1) is 0 Å². The van der Waals surface area contributed by atoms with E-state index >= 15 is 0 Å². The third kappa shape index (κ3) is 3.29. The molecular formula is C16H19NO3S. The van der Waals surface area contributed by atoms with Crippen molar-refractivity contribution in [2.75, 3.05) is 5.75 Å². The van der Waals surface area contributed by atoms with Gasteiger partial charge in [0.2, 0.25) is 5.91 Å². The predicted molar refractivity (Wildman–Crippen MR) is 84.9 cm³/mol. The number of amides is 1. The molecule has 2 rings (SSSR count). The monoisotopic (exact) mass is 305 g/mol. The van der Waals surface area contributed by atoms with Crippen molar-refractivity contribution in [1.82, 2.24) is 4.90 Å². The molecule has 21 heavy (non-hydrogen) atoms. The van der Waals surface area contributed by atoms with Crippen LogP contribution in [0.4, 0.5) is 0 Å². The van der Waals surface area contributed by atoms with E-state index in [9.17, 15) is 14.7 Å². The molecule has 0 saturated heterocycles. The normalized spacial score (nSPS) is 16.9. The lowest BCUT2D eigenvalue weighted by Crippen LogP contribution is -2.44. The molecule has 1 aliphatic rings. The predicted octanol–water partition coefficient (Wildman–Crippen LogP) is 3.16. The second kappa shape index (κ2) is 6.35. The first kappa shape index (κ1) is 15.6. The Balaban J connectivity index is 2.37. The highest BCUT2D eigenvalue weighted by Crippen LogP contribution is 2.30. The summed E-state index contributed by atoms with van der Waals surface area (Å²) in [6.07, 6.45) is 0. The Morgan fingerprint density at radius 3 is 2.38 bits per heavy atom. The van der Waals surface area contributed by atoms with Gasteiger partial charge in [-0.25, -0.2) is 4.79 Å². The van der Waals surface area contributed by atoms with Crippen molar-refractivity contribution in [3.8, 4) is 0 Å². The largest absolute Gasteiger partial charge is 0.480 e. The second-order valence-corrected chi connectivity index (χ2v) is 6.23. The van der Waals surface area contributed by atoms with E-state index in [-0.39, 0.29) is 11.7 Å². The van der Waals surface area contributed by atoms with E-state index in [0.29, 0.717) is 11.6 Å². The van der Waals surface area contributed by atoms with E-state index in [1.807, 2.05) is 29.7 Å². The van der Waals surface area contributed by atoms with Gasteiger partial charge in [-0.05, 0) is 29.4 Å². The van der Waals surface area contributed by atoms with Crippen LogP contribution < -0.4 is 0 Å². The maximum absolute atomic E-state index is 12.1. The number of carboxylic acid groups (broad SMARTS) is 1. The van der Waals surface area contributed by atoms with Crippen LogP contribution in [0.5, 0.6) is 0 Å². The third-order valence-corrected chi connectivity index (χ3v) is 4.35. The zero-order valence-corrected chi connectivity index (χ0v) is 13.2. The highest BCUT2D eigenvalue weighted by molar-refractivity contribution is 8.03. The van der Waals surface area contributed by atoms with E-state index in [2.05, 4.69) is 13.8 Å². The molecule has 1 heterocycles. The summed E-state index contributed by atoms with van der Waals surface area (Å²) < 4.78 is 0. The number of hydrogen-bond donors (Lipinski definition) is 1. The van der Waals surface area contributed by atoms with Gasteiger partial charge in [0.25, 0.3) is 0 Å². The standard InChI is InChI=1S/C16H19NO3S/c1-10(2)12-4-6-13(7-5-12)14-8-21-9-15(18)17(14)11(3)16(19)20/h4-8,10-11H,9H2,1-3H3,(H,19,20). The van der Waals surface area contributed by atoms with Crippen molar-refractivity contribution in [2.24, 2.45) is 0 Å². The molecule has 0 saturated carbocycles. The van der Waals surface area contributed by atoms with Crippen molar-refractivity contribution < 1.29 is 14.7 Å². The molecule has 5 heteroatoms. The van der Waals surface area contributed by atoms with Crippen LogP contribution in [0.1, 0.15) is 37.8 Å². The second-order valence-electron chi connectivity index (χ2n) is 5.37. The summed E-state index contributed by atoms with van der Waals surface area (Å²) in [4.78, 5) is 24.7. The van der Waals surface area contributed by atoms with Crippen molar-refractivity contribution in [3.05, 3.63) is 40.8 Å². The minimum absolute atomic E-state index is 0.166. The Hall–Kier alpha value is -1.75. The number of thioether (sulfide) groups is 1. The first-order valence-electron chi connectivity index (χ1n) is 6.88. The number of benzene rings is 1. The van der Waals surface area contributed by atoms with Gasteiger partial charge in [-0.1, -0.05) is 38.1 Å². The summed E-state index contributed by atoms with van der Waals surface area (Å²) >= 11 is 1.40. The fourth-order valence-electron chi connectivity index (χ4n) is 2.23. The van der Waals surface area contributed by atoms with E-state index in [1.54, 1.807) is 0 Å². The summed E-state index contributed by atoms with van der Waals surface area (Å²) in [5, 5.41) is 11.1. The Labute approximate surface area is 128 Å². The number of nitrogens with zero attached hydrogens (tertiary/aromatic N) is 1. The molecule has 1 aromatic carbocycles. The highest BCUT2D eigenvalue weighted by Gasteiger charge is 2.31. The number of hydrogen-bond acceptors (Lipinski definition) is 3. The SMILES string of the molecule is CC(C)c1ccc(C2=CSCC(=O)N2C(C)C(=O)O)cc1. The molecule has 1 amide bonds. The van der Waals surface area contributed by atoms with Gasteiger partial charge in [0.05, 0.1) is 11.4 Å². The highest BCUT2D eigenvalue weighted by atomic mass is 32.2. The van der Waals surface area contributed by atoms with E-state index in [0.717, 1.165) is 5.56 Å². The number of carboxylic acids is 1. The quantitative estimate of drug-likeness (QED) is 0.928. The van der Waals surface area contributed by atoms with Gasteiger partial charge < -0.3 is 5.11 Å². The van der Waals surface area contributed by atoms with Gasteiger partial charge in [-0.15, -0.1) is 11.8 Å². The van der Waals surface area contributed by atoms with Gasteiger partial charge in [0.15, 0.2) is 0 Å². The van der Waals surface area contributed by atoms with Crippen LogP contribution in [0.15, 0.2) is 29.7 Å². The van der Waals surface area contributed by atoms with E-state index in [1.165, 1.54) is 29.1 Å². The Morgan fingerprint density at radius 2 is 1.86 bits per heavy atom. The molecule has 0 aliphatic carbocycles. The lowest BCUT2D eigenvalue weighted by Gasteiger charge is -2.31. The average Bonchev–Trinajstić information content (AvgIpc) is 2.46. The minimum atomic E-state index is -1.00. The Bertz CT molecular complexity index is 578. The minimum Gasteiger partial charge on any atom is -0.480 e. The van der Waals surface area contributed by atoms with E-state index < -0.39 is 12.0 Å². The maximum atomic E-state index is 12.1. The number of aliphatic carboxylic acids is 1. The lowest BCUT2D eigenvalue weighted by molar-refractivity contribution is -0.145. The van der Waals surface area contributed by atoms with Crippen molar-refractivity contribution in [1.29, 1.82) is 0 Å². The fourth-order valence-corrected chi connectivity index (χ4v) is 3.01. The topological polar surface area (TPSA) is 57.6 Å². The van der Waals surface area contributed by atoms with Crippen molar-refractivity contribution in [3.63, 3.8) is 0 Å². The molecule has 1 aliphatic heterocycles. The molecule has 112 valence electrons. The lowest BCUT2D eigenvalue weighted by atomic mass is 10.0. The first-order valence-corrected chi connectivity index (χ1v) is 7.93. The van der Waals surface area contributed by atoms with Gasteiger partial charge in [0, 0.05) is 0 Å². The first-order chi connectivity index (χ1) is 9.91. The van der Waals surface area contributed by atoms with Crippen molar-refractivity contribution in [2.45, 2.75) is 32.7 Å². The van der Waals surface area contributed by atoms with E-state index in [4.69, 9.17) is 0 Å². The molecule has 1 aromatic rings. The molecule has 0 fully saturated rings. The average molecular weight is 305 g/mol. The van der Waals surface area contributed by atoms with Crippen LogP contribution in [0.3, 0.4) is 0 Å². The van der Waals surface area contributed by atoms with Crippen LogP contribution >= 0.6 is 11.8 Å².